The second-order valence-electron chi connectivity index (χ2n) is 6.29. The average Bonchev–Trinajstić information content (AvgIpc) is 2.69. The second-order valence-corrected chi connectivity index (χ2v) is 7.53. The van der Waals surface area contributed by atoms with Crippen LogP contribution in [0.15, 0.2) is 41.3 Å². The number of nitrogens with one attached hydrogen (secondary N) is 1. The Morgan fingerprint density at radius 1 is 1.07 bits per heavy atom. The zero-order valence-electron chi connectivity index (χ0n) is 16.1. The molecule has 0 aliphatic heterocycles. The van der Waals surface area contributed by atoms with Crippen LogP contribution < -0.4 is 5.32 Å². The topological polar surface area (TPSA) is 55.4 Å². The van der Waals surface area contributed by atoms with Gasteiger partial charge in [-0.2, -0.15) is 0 Å². The van der Waals surface area contributed by atoms with Gasteiger partial charge >= 0.3 is 5.97 Å². The molecule has 0 spiro atoms. The van der Waals surface area contributed by atoms with Crippen LogP contribution in [-0.2, 0) is 9.53 Å². The van der Waals surface area contributed by atoms with Gasteiger partial charge in [0.2, 0.25) is 0 Å². The van der Waals surface area contributed by atoms with E-state index in [2.05, 4.69) is 5.32 Å². The van der Waals surface area contributed by atoms with E-state index < -0.39 is 34.6 Å². The first-order valence-electron chi connectivity index (χ1n) is 9.25. The zero-order chi connectivity index (χ0) is 21.4. The summed E-state index contributed by atoms with van der Waals surface area (Å²) in [4.78, 5) is 24.5. The van der Waals surface area contributed by atoms with Gasteiger partial charge in [-0.3, -0.25) is 9.59 Å². The molecule has 29 heavy (non-hydrogen) atoms. The lowest BCUT2D eigenvalue weighted by atomic mass is 10.2. The summed E-state index contributed by atoms with van der Waals surface area (Å²) in [6.07, 6.45) is 1.79. The SMILES string of the molecule is CCCOC(=O)C(CCC)Sc1cc(NC(=O)c2cccc(F)c2)c(F)cc1F. The summed E-state index contributed by atoms with van der Waals surface area (Å²) in [6.45, 7) is 4.01. The van der Waals surface area contributed by atoms with E-state index in [0.29, 0.717) is 25.3 Å². The molecule has 0 radical (unpaired) electrons. The number of amides is 1. The molecule has 1 atom stereocenters. The van der Waals surface area contributed by atoms with E-state index in [4.69, 9.17) is 4.74 Å². The van der Waals surface area contributed by atoms with Crippen LogP contribution in [0.1, 0.15) is 43.5 Å². The molecule has 156 valence electrons. The molecule has 2 aromatic carbocycles. The summed E-state index contributed by atoms with van der Waals surface area (Å²) in [5.41, 5.74) is -0.268. The predicted octanol–water partition coefficient (Wildman–Crippen LogP) is 5.57. The van der Waals surface area contributed by atoms with Gasteiger partial charge in [0.25, 0.3) is 5.91 Å². The summed E-state index contributed by atoms with van der Waals surface area (Å²) in [6, 6.07) is 6.68. The maximum atomic E-state index is 14.3. The Labute approximate surface area is 171 Å². The van der Waals surface area contributed by atoms with Gasteiger partial charge in [-0.25, -0.2) is 13.2 Å². The summed E-state index contributed by atoms with van der Waals surface area (Å²) in [5.74, 6) is -3.63. The largest absolute Gasteiger partial charge is 0.465 e. The number of carbonyl (C=O) groups is 2. The van der Waals surface area contributed by atoms with Crippen LogP contribution in [-0.4, -0.2) is 23.7 Å². The molecule has 0 aliphatic carbocycles. The molecule has 1 unspecified atom stereocenters. The molecule has 0 saturated carbocycles. The van der Waals surface area contributed by atoms with Crippen LogP contribution in [0.3, 0.4) is 0 Å². The fraction of sp³-hybridized carbons (Fsp3) is 0.333. The monoisotopic (exact) mass is 425 g/mol. The molecule has 0 fully saturated rings. The Morgan fingerprint density at radius 2 is 1.83 bits per heavy atom. The Balaban J connectivity index is 2.23. The Bertz CT molecular complexity index is 876. The highest BCUT2D eigenvalue weighted by Crippen LogP contribution is 2.33. The van der Waals surface area contributed by atoms with Crippen molar-refractivity contribution in [1.82, 2.24) is 0 Å². The van der Waals surface area contributed by atoms with Gasteiger partial charge in [-0.05, 0) is 37.1 Å². The van der Waals surface area contributed by atoms with E-state index in [1.54, 1.807) is 0 Å². The standard InChI is InChI=1S/C21H22F3NO3S/c1-3-6-18(21(27)28-9-4-2)29-19-12-17(15(23)11-16(19)24)25-20(26)13-7-5-8-14(22)10-13/h5,7-8,10-12,18H,3-4,6,9H2,1-2H3,(H,25,26). The van der Waals surface area contributed by atoms with Crippen molar-refractivity contribution >= 4 is 29.3 Å². The van der Waals surface area contributed by atoms with Gasteiger partial charge in [0.05, 0.1) is 12.3 Å². The van der Waals surface area contributed by atoms with Crippen LogP contribution in [0.25, 0.3) is 0 Å². The summed E-state index contributed by atoms with van der Waals surface area (Å²) >= 11 is 0.919. The molecular formula is C21H22F3NO3S. The number of hydrogen-bond acceptors (Lipinski definition) is 4. The number of ether oxygens (including phenoxy) is 1. The van der Waals surface area contributed by atoms with Crippen molar-refractivity contribution < 1.29 is 27.5 Å². The van der Waals surface area contributed by atoms with Gasteiger partial charge in [0.15, 0.2) is 0 Å². The third-order valence-corrected chi connectivity index (χ3v) is 5.17. The van der Waals surface area contributed by atoms with Crippen LogP contribution in [0.5, 0.6) is 0 Å². The number of benzene rings is 2. The minimum absolute atomic E-state index is 0.00469. The minimum atomic E-state index is -0.975. The van der Waals surface area contributed by atoms with E-state index in [9.17, 15) is 22.8 Å². The number of rotatable bonds is 9. The van der Waals surface area contributed by atoms with Crippen molar-refractivity contribution in [2.45, 2.75) is 43.3 Å². The van der Waals surface area contributed by atoms with Crippen LogP contribution in [0, 0.1) is 17.5 Å². The predicted molar refractivity (Wildman–Crippen MR) is 107 cm³/mol. The zero-order valence-corrected chi connectivity index (χ0v) is 17.0. The molecule has 2 rings (SSSR count). The molecule has 1 amide bonds. The first kappa shape index (κ1) is 22.8. The van der Waals surface area contributed by atoms with Crippen LogP contribution >= 0.6 is 11.8 Å². The quantitative estimate of drug-likeness (QED) is 0.422. The lowest BCUT2D eigenvalue weighted by Crippen LogP contribution is -2.21. The first-order valence-corrected chi connectivity index (χ1v) is 10.1. The van der Waals surface area contributed by atoms with E-state index in [-0.39, 0.29) is 22.8 Å². The van der Waals surface area contributed by atoms with Crippen molar-refractivity contribution in [3.63, 3.8) is 0 Å². The fourth-order valence-corrected chi connectivity index (χ4v) is 3.66. The van der Waals surface area contributed by atoms with Crippen molar-refractivity contribution in [3.05, 3.63) is 59.4 Å². The molecule has 8 heteroatoms. The second kappa shape index (κ2) is 10.9. The molecule has 4 nitrogen and oxygen atoms in total. The van der Waals surface area contributed by atoms with Crippen molar-refractivity contribution in [2.75, 3.05) is 11.9 Å². The number of thioether (sulfide) groups is 1. The number of anilines is 1. The molecule has 0 aliphatic rings. The highest BCUT2D eigenvalue weighted by Gasteiger charge is 2.23. The average molecular weight is 425 g/mol. The molecule has 2 aromatic rings. The van der Waals surface area contributed by atoms with Gasteiger partial charge in [-0.1, -0.05) is 26.3 Å². The lowest BCUT2D eigenvalue weighted by molar-refractivity contribution is -0.143. The van der Waals surface area contributed by atoms with Gasteiger partial charge < -0.3 is 10.1 Å². The van der Waals surface area contributed by atoms with Gasteiger partial charge in [-0.15, -0.1) is 11.8 Å². The highest BCUT2D eigenvalue weighted by atomic mass is 32.2. The lowest BCUT2D eigenvalue weighted by Gasteiger charge is -2.16. The Hall–Kier alpha value is -2.48. The summed E-state index contributed by atoms with van der Waals surface area (Å²) < 4.78 is 46.9. The molecule has 1 N–H and O–H groups in total. The number of carbonyl (C=O) groups excluding carboxylic acids is 2. The van der Waals surface area contributed by atoms with E-state index in [1.807, 2.05) is 13.8 Å². The first-order chi connectivity index (χ1) is 13.8. The van der Waals surface area contributed by atoms with Crippen molar-refractivity contribution in [1.29, 1.82) is 0 Å². The van der Waals surface area contributed by atoms with Crippen molar-refractivity contribution in [2.24, 2.45) is 0 Å². The maximum absolute atomic E-state index is 14.3. The molecule has 0 bridgehead atoms. The van der Waals surface area contributed by atoms with Gasteiger partial charge in [0.1, 0.15) is 22.7 Å². The maximum Gasteiger partial charge on any atom is 0.319 e. The number of halogens is 3. The van der Waals surface area contributed by atoms with Crippen LogP contribution in [0.2, 0.25) is 0 Å². The summed E-state index contributed by atoms with van der Waals surface area (Å²) in [5, 5.41) is 1.66. The smallest absolute Gasteiger partial charge is 0.319 e. The third-order valence-electron chi connectivity index (χ3n) is 3.89. The minimum Gasteiger partial charge on any atom is -0.465 e. The number of hydrogen-bond donors (Lipinski definition) is 1. The fourth-order valence-electron chi connectivity index (χ4n) is 2.48. The molecule has 0 heterocycles. The molecular weight excluding hydrogens is 403 g/mol. The van der Waals surface area contributed by atoms with E-state index >= 15 is 0 Å². The molecule has 0 saturated heterocycles. The molecule has 0 aromatic heterocycles. The number of esters is 1. The van der Waals surface area contributed by atoms with Crippen LogP contribution in [0.4, 0.5) is 18.9 Å². The Morgan fingerprint density at radius 3 is 2.48 bits per heavy atom. The van der Waals surface area contributed by atoms with E-state index in [1.165, 1.54) is 18.2 Å². The van der Waals surface area contributed by atoms with E-state index in [0.717, 1.165) is 23.9 Å². The highest BCUT2D eigenvalue weighted by molar-refractivity contribution is 8.00. The van der Waals surface area contributed by atoms with Gasteiger partial charge in [0, 0.05) is 16.5 Å². The third kappa shape index (κ3) is 6.52. The Kier molecular flexibility index (Phi) is 8.57. The summed E-state index contributed by atoms with van der Waals surface area (Å²) in [7, 11) is 0. The van der Waals surface area contributed by atoms with Crippen molar-refractivity contribution in [3.8, 4) is 0 Å². The normalized spacial score (nSPS) is 11.8.